The molecule has 0 atom stereocenters. The number of hydrogen-bond acceptors (Lipinski definition) is 6. The van der Waals surface area contributed by atoms with Crippen LogP contribution < -0.4 is 23.8 Å². The van der Waals surface area contributed by atoms with Crippen molar-refractivity contribution in [3.05, 3.63) is 46.5 Å². The highest BCUT2D eigenvalue weighted by atomic mass is 35.5. The molecule has 0 aliphatic heterocycles. The molecule has 0 saturated carbocycles. The molecule has 8 nitrogen and oxygen atoms in total. The summed E-state index contributed by atoms with van der Waals surface area (Å²) < 4.78 is 41.6. The molecule has 10 heteroatoms. The molecule has 2 aromatic rings. The Morgan fingerprint density at radius 3 is 2.27 bits per heavy atom. The molecule has 0 aliphatic rings. The molecule has 1 N–H and O–H groups in total. The summed E-state index contributed by atoms with van der Waals surface area (Å²) in [6.45, 7) is 1.46. The highest BCUT2D eigenvalue weighted by Crippen LogP contribution is 2.39. The van der Waals surface area contributed by atoms with Gasteiger partial charge in [0.05, 0.1) is 33.3 Å². The van der Waals surface area contributed by atoms with Gasteiger partial charge < -0.3 is 19.5 Å². The summed E-state index contributed by atoms with van der Waals surface area (Å²) in [5, 5.41) is 3.20. The molecular weight excluding hydrogens is 432 g/mol. The molecule has 30 heavy (non-hydrogen) atoms. The van der Waals surface area contributed by atoms with Crippen molar-refractivity contribution in [2.24, 2.45) is 0 Å². The maximum absolute atomic E-state index is 12.6. The third kappa shape index (κ3) is 5.48. The smallest absolute Gasteiger partial charge is 0.241 e. The number of aryl methyl sites for hydroxylation is 1. The van der Waals surface area contributed by atoms with Gasteiger partial charge in [0.15, 0.2) is 11.5 Å². The van der Waals surface area contributed by atoms with E-state index in [4.69, 9.17) is 25.8 Å². The number of benzene rings is 2. The number of carbonyl (C=O) groups is 1. The van der Waals surface area contributed by atoms with E-state index >= 15 is 0 Å². The maximum Gasteiger partial charge on any atom is 0.241 e. The molecule has 0 radical (unpaired) electrons. The summed E-state index contributed by atoms with van der Waals surface area (Å²) in [5.41, 5.74) is 1.68. The molecule has 0 aromatic heterocycles. The first-order chi connectivity index (χ1) is 14.1. The molecule has 0 spiro atoms. The number of carbonyl (C=O) groups excluding carboxylic acids is 1. The molecule has 0 unspecified atom stereocenters. The summed E-state index contributed by atoms with van der Waals surface area (Å²) in [4.78, 5) is 12.6. The molecule has 0 bridgehead atoms. The largest absolute Gasteiger partial charge is 0.493 e. The lowest BCUT2D eigenvalue weighted by Crippen LogP contribution is -2.40. The second kappa shape index (κ2) is 9.90. The average Bonchev–Trinajstić information content (AvgIpc) is 2.69. The SMILES string of the molecule is COc1ccc(CNC(=O)CN(c2ccc(Cl)cc2C)S(C)(=O)=O)c(OC)c1OC. The van der Waals surface area contributed by atoms with Crippen LogP contribution in [-0.4, -0.2) is 48.5 Å². The van der Waals surface area contributed by atoms with Gasteiger partial charge in [-0.3, -0.25) is 9.10 Å². The van der Waals surface area contributed by atoms with Gasteiger partial charge in [0.1, 0.15) is 6.54 Å². The topological polar surface area (TPSA) is 94.2 Å². The zero-order valence-corrected chi connectivity index (χ0v) is 19.1. The van der Waals surface area contributed by atoms with Crippen LogP contribution in [0.15, 0.2) is 30.3 Å². The van der Waals surface area contributed by atoms with Crippen LogP contribution in [0.25, 0.3) is 0 Å². The number of rotatable bonds is 9. The Morgan fingerprint density at radius 1 is 1.07 bits per heavy atom. The molecule has 2 rings (SSSR count). The Balaban J connectivity index is 2.21. The number of sulfonamides is 1. The van der Waals surface area contributed by atoms with Crippen molar-refractivity contribution in [1.29, 1.82) is 0 Å². The summed E-state index contributed by atoms with van der Waals surface area (Å²) in [7, 11) is 0.786. The van der Waals surface area contributed by atoms with Crippen molar-refractivity contribution in [3.8, 4) is 17.2 Å². The molecular formula is C20H25ClN2O6S. The lowest BCUT2D eigenvalue weighted by Gasteiger charge is -2.24. The van der Waals surface area contributed by atoms with E-state index in [-0.39, 0.29) is 13.1 Å². The second-order valence-corrected chi connectivity index (χ2v) is 8.81. The van der Waals surface area contributed by atoms with Crippen molar-refractivity contribution >= 4 is 33.2 Å². The fourth-order valence-electron chi connectivity index (χ4n) is 2.96. The number of halogens is 1. The van der Waals surface area contributed by atoms with Crippen molar-refractivity contribution < 1.29 is 27.4 Å². The van der Waals surface area contributed by atoms with Crippen LogP contribution in [0.2, 0.25) is 5.02 Å². The Hall–Kier alpha value is -2.65. The van der Waals surface area contributed by atoms with Crippen LogP contribution in [0, 0.1) is 6.92 Å². The zero-order chi connectivity index (χ0) is 22.5. The van der Waals surface area contributed by atoms with E-state index < -0.39 is 15.9 Å². The Kier molecular flexibility index (Phi) is 7.80. The van der Waals surface area contributed by atoms with Gasteiger partial charge in [0, 0.05) is 17.1 Å². The van der Waals surface area contributed by atoms with Crippen molar-refractivity contribution in [2.45, 2.75) is 13.5 Å². The van der Waals surface area contributed by atoms with Gasteiger partial charge in [-0.25, -0.2) is 8.42 Å². The molecule has 2 aromatic carbocycles. The predicted molar refractivity (Wildman–Crippen MR) is 116 cm³/mol. The molecule has 0 aliphatic carbocycles. The predicted octanol–water partition coefficient (Wildman–Crippen LogP) is 2.76. The molecule has 164 valence electrons. The summed E-state index contributed by atoms with van der Waals surface area (Å²) in [6.07, 6.45) is 1.05. The first kappa shape index (κ1) is 23.6. The van der Waals surface area contributed by atoms with Gasteiger partial charge in [0.2, 0.25) is 21.7 Å². The summed E-state index contributed by atoms with van der Waals surface area (Å²) in [6, 6.07) is 8.22. The number of ether oxygens (including phenoxy) is 3. The summed E-state index contributed by atoms with van der Waals surface area (Å²) >= 11 is 5.96. The van der Waals surface area contributed by atoms with Crippen LogP contribution in [0.4, 0.5) is 5.69 Å². The van der Waals surface area contributed by atoms with E-state index in [0.717, 1.165) is 10.6 Å². The van der Waals surface area contributed by atoms with Crippen molar-refractivity contribution in [3.63, 3.8) is 0 Å². The number of methoxy groups -OCH3 is 3. The third-order valence-electron chi connectivity index (χ3n) is 4.38. The van der Waals surface area contributed by atoms with Gasteiger partial charge in [-0.1, -0.05) is 11.6 Å². The standard InChI is InChI=1S/C20H25ClN2O6S/c1-13-10-15(21)7-8-16(13)23(30(5,25)26)12-18(24)22-11-14-6-9-17(27-2)20(29-4)19(14)28-3/h6-10H,11-12H2,1-5H3,(H,22,24). The van der Waals surface area contributed by atoms with Crippen LogP contribution in [0.3, 0.4) is 0 Å². The Labute approximate surface area is 181 Å². The van der Waals surface area contributed by atoms with Crippen LogP contribution in [0.5, 0.6) is 17.2 Å². The lowest BCUT2D eigenvalue weighted by molar-refractivity contribution is -0.119. The van der Waals surface area contributed by atoms with Gasteiger partial charge in [-0.15, -0.1) is 0 Å². The number of amides is 1. The minimum absolute atomic E-state index is 0.111. The van der Waals surface area contributed by atoms with E-state index in [9.17, 15) is 13.2 Å². The van der Waals surface area contributed by atoms with E-state index in [2.05, 4.69) is 5.32 Å². The van der Waals surface area contributed by atoms with Gasteiger partial charge in [0.25, 0.3) is 0 Å². The van der Waals surface area contributed by atoms with Gasteiger partial charge in [-0.2, -0.15) is 0 Å². The summed E-state index contributed by atoms with van der Waals surface area (Å²) in [5.74, 6) is 0.837. The van der Waals surface area contributed by atoms with Crippen molar-refractivity contribution in [1.82, 2.24) is 5.32 Å². The molecule has 0 heterocycles. The minimum Gasteiger partial charge on any atom is -0.493 e. The van der Waals surface area contributed by atoms with E-state index in [1.165, 1.54) is 21.3 Å². The second-order valence-electron chi connectivity index (χ2n) is 6.47. The molecule has 0 fully saturated rings. The van der Waals surface area contributed by atoms with Crippen LogP contribution in [0.1, 0.15) is 11.1 Å². The highest BCUT2D eigenvalue weighted by molar-refractivity contribution is 7.92. The average molecular weight is 457 g/mol. The van der Waals surface area contributed by atoms with E-state index in [1.807, 2.05) is 0 Å². The van der Waals surface area contributed by atoms with Gasteiger partial charge >= 0.3 is 0 Å². The lowest BCUT2D eigenvalue weighted by atomic mass is 10.1. The number of hydrogen-bond donors (Lipinski definition) is 1. The van der Waals surface area contributed by atoms with Crippen LogP contribution >= 0.6 is 11.6 Å². The molecule has 0 saturated heterocycles. The van der Waals surface area contributed by atoms with Crippen molar-refractivity contribution in [2.75, 3.05) is 38.4 Å². The first-order valence-corrected chi connectivity index (χ1v) is 11.1. The normalized spacial score (nSPS) is 11.0. The Bertz CT molecular complexity index is 1030. The number of nitrogens with one attached hydrogen (secondary N) is 1. The monoisotopic (exact) mass is 456 g/mol. The van der Waals surface area contributed by atoms with Gasteiger partial charge in [-0.05, 0) is 42.8 Å². The highest BCUT2D eigenvalue weighted by Gasteiger charge is 2.23. The number of anilines is 1. The minimum atomic E-state index is -3.70. The van der Waals surface area contributed by atoms with Crippen LogP contribution in [-0.2, 0) is 21.4 Å². The number of nitrogens with zero attached hydrogens (tertiary/aromatic N) is 1. The first-order valence-electron chi connectivity index (χ1n) is 8.90. The zero-order valence-electron chi connectivity index (χ0n) is 17.5. The van der Waals surface area contributed by atoms with E-state index in [0.29, 0.717) is 39.1 Å². The fraction of sp³-hybridized carbons (Fsp3) is 0.350. The molecule has 1 amide bonds. The third-order valence-corrected chi connectivity index (χ3v) is 5.74. The maximum atomic E-state index is 12.6. The van der Waals surface area contributed by atoms with E-state index in [1.54, 1.807) is 37.3 Å². The quantitative estimate of drug-likeness (QED) is 0.623. The Morgan fingerprint density at radius 2 is 1.73 bits per heavy atom. The fourth-order valence-corrected chi connectivity index (χ4v) is 4.10.